The molecule has 22 heavy (non-hydrogen) atoms. The Morgan fingerprint density at radius 3 is 2.68 bits per heavy atom. The van der Waals surface area contributed by atoms with Crippen molar-refractivity contribution in [3.63, 3.8) is 0 Å². The monoisotopic (exact) mass is 301 g/mol. The van der Waals surface area contributed by atoms with Gasteiger partial charge in [0.1, 0.15) is 11.7 Å². The second-order valence-corrected chi connectivity index (χ2v) is 4.93. The van der Waals surface area contributed by atoms with Crippen LogP contribution in [0.1, 0.15) is 30.8 Å². The Balaban J connectivity index is 1.99. The van der Waals surface area contributed by atoms with Crippen molar-refractivity contribution in [2.75, 3.05) is 6.54 Å². The van der Waals surface area contributed by atoms with Gasteiger partial charge in [0.05, 0.1) is 0 Å². The molecule has 0 aliphatic heterocycles. The zero-order chi connectivity index (χ0) is 15.9. The summed E-state index contributed by atoms with van der Waals surface area (Å²) in [5.74, 6) is -0.610. The number of benzene rings is 1. The first-order valence-electron chi connectivity index (χ1n) is 7.22. The smallest absolute Gasteiger partial charge is 0.290 e. The fourth-order valence-corrected chi connectivity index (χ4v) is 1.86. The van der Waals surface area contributed by atoms with Gasteiger partial charge in [0.15, 0.2) is 0 Å². The lowest BCUT2D eigenvalue weighted by atomic mass is 10.1. The summed E-state index contributed by atoms with van der Waals surface area (Å²) in [5, 5.41) is 9.18. The number of rotatable bonds is 6. The van der Waals surface area contributed by atoms with Gasteiger partial charge >= 0.3 is 0 Å². The Bertz CT molecular complexity index is 637. The lowest BCUT2D eigenvalue weighted by Crippen LogP contribution is -2.44. The van der Waals surface area contributed by atoms with Crippen LogP contribution < -0.4 is 10.6 Å². The minimum atomic E-state index is -0.635. The van der Waals surface area contributed by atoms with Gasteiger partial charge in [-0.05, 0) is 13.3 Å². The molecule has 0 saturated heterocycles. The Hall–Kier alpha value is -2.63. The number of carbonyl (C=O) groups is 2. The molecule has 1 heterocycles. The van der Waals surface area contributed by atoms with Crippen LogP contribution in [-0.2, 0) is 4.79 Å². The first-order chi connectivity index (χ1) is 10.6. The number of amides is 2. The molecule has 0 fully saturated rings. The van der Waals surface area contributed by atoms with E-state index in [1.54, 1.807) is 13.0 Å². The van der Waals surface area contributed by atoms with Crippen molar-refractivity contribution < 1.29 is 14.1 Å². The standard InChI is InChI=1S/C16H19N3O3/c1-3-9-17-15(20)11(2)18-16(21)14-10-13(19-22-14)12-7-5-4-6-8-12/h4-8,10-11H,3,9H2,1-2H3,(H,17,20)(H,18,21). The second-order valence-electron chi connectivity index (χ2n) is 4.93. The predicted molar refractivity (Wildman–Crippen MR) is 82.2 cm³/mol. The third-order valence-corrected chi connectivity index (χ3v) is 3.09. The van der Waals surface area contributed by atoms with Crippen LogP contribution >= 0.6 is 0 Å². The van der Waals surface area contributed by atoms with Gasteiger partial charge < -0.3 is 15.2 Å². The van der Waals surface area contributed by atoms with Crippen molar-refractivity contribution in [2.45, 2.75) is 26.3 Å². The Kier molecular flexibility index (Phi) is 5.30. The van der Waals surface area contributed by atoms with Crippen LogP contribution in [0.15, 0.2) is 40.9 Å². The molecule has 6 nitrogen and oxygen atoms in total. The number of nitrogens with zero attached hydrogens (tertiary/aromatic N) is 1. The maximum atomic E-state index is 12.1. The van der Waals surface area contributed by atoms with E-state index in [-0.39, 0.29) is 11.7 Å². The minimum Gasteiger partial charge on any atom is -0.354 e. The molecule has 1 unspecified atom stereocenters. The number of carbonyl (C=O) groups excluding carboxylic acids is 2. The average Bonchev–Trinajstić information content (AvgIpc) is 3.03. The SMILES string of the molecule is CCCNC(=O)C(C)NC(=O)c1cc(-c2ccccc2)no1. The molecule has 1 atom stereocenters. The summed E-state index contributed by atoms with van der Waals surface area (Å²) >= 11 is 0. The van der Waals surface area contributed by atoms with E-state index in [1.807, 2.05) is 37.3 Å². The highest BCUT2D eigenvalue weighted by molar-refractivity contribution is 5.95. The molecule has 0 aliphatic carbocycles. The molecule has 2 rings (SSSR count). The molecule has 0 saturated carbocycles. The van der Waals surface area contributed by atoms with E-state index < -0.39 is 11.9 Å². The van der Waals surface area contributed by atoms with Gasteiger partial charge in [-0.1, -0.05) is 42.4 Å². The number of nitrogens with one attached hydrogen (secondary N) is 2. The van der Waals surface area contributed by atoms with Crippen molar-refractivity contribution in [1.82, 2.24) is 15.8 Å². The molecule has 116 valence electrons. The summed E-state index contributed by atoms with van der Waals surface area (Å²) in [5.41, 5.74) is 1.44. The van der Waals surface area contributed by atoms with Gasteiger partial charge in [-0.15, -0.1) is 0 Å². The van der Waals surface area contributed by atoms with Crippen molar-refractivity contribution in [1.29, 1.82) is 0 Å². The fraction of sp³-hybridized carbons (Fsp3) is 0.312. The van der Waals surface area contributed by atoms with Gasteiger partial charge in [0, 0.05) is 18.2 Å². The first kappa shape index (κ1) is 15.8. The van der Waals surface area contributed by atoms with Crippen LogP contribution in [0.25, 0.3) is 11.3 Å². The maximum Gasteiger partial charge on any atom is 0.290 e. The highest BCUT2D eigenvalue weighted by Gasteiger charge is 2.19. The van der Waals surface area contributed by atoms with Gasteiger partial charge in [-0.25, -0.2) is 0 Å². The van der Waals surface area contributed by atoms with Crippen LogP contribution in [0.3, 0.4) is 0 Å². The molecule has 2 amide bonds. The van der Waals surface area contributed by atoms with Crippen LogP contribution in [0.2, 0.25) is 0 Å². The van der Waals surface area contributed by atoms with Gasteiger partial charge in [0.25, 0.3) is 5.91 Å². The van der Waals surface area contributed by atoms with E-state index in [4.69, 9.17) is 4.52 Å². The molecular formula is C16H19N3O3. The van der Waals surface area contributed by atoms with Gasteiger partial charge in [0.2, 0.25) is 11.7 Å². The Morgan fingerprint density at radius 1 is 1.27 bits per heavy atom. The third kappa shape index (κ3) is 3.94. The van der Waals surface area contributed by atoms with Crippen LogP contribution in [0.4, 0.5) is 0 Å². The molecule has 0 spiro atoms. The van der Waals surface area contributed by atoms with Crippen LogP contribution in [0, 0.1) is 0 Å². The predicted octanol–water partition coefficient (Wildman–Crippen LogP) is 1.99. The van der Waals surface area contributed by atoms with Crippen molar-refractivity contribution in [3.05, 3.63) is 42.2 Å². The summed E-state index contributed by atoms with van der Waals surface area (Å²) in [6.45, 7) is 4.17. The summed E-state index contributed by atoms with van der Waals surface area (Å²) in [4.78, 5) is 23.8. The lowest BCUT2D eigenvalue weighted by molar-refractivity contribution is -0.122. The average molecular weight is 301 g/mol. The van der Waals surface area contributed by atoms with Gasteiger partial charge in [-0.3, -0.25) is 9.59 Å². The van der Waals surface area contributed by atoms with E-state index in [0.717, 1.165) is 12.0 Å². The molecule has 0 bridgehead atoms. The Labute approximate surface area is 128 Å². The molecule has 2 aromatic rings. The molecule has 0 radical (unpaired) electrons. The van der Waals surface area contributed by atoms with E-state index in [0.29, 0.717) is 12.2 Å². The van der Waals surface area contributed by atoms with Crippen molar-refractivity contribution in [3.8, 4) is 11.3 Å². The summed E-state index contributed by atoms with van der Waals surface area (Å²) in [6.07, 6.45) is 0.842. The van der Waals surface area contributed by atoms with Crippen LogP contribution in [-0.4, -0.2) is 29.6 Å². The topological polar surface area (TPSA) is 84.2 Å². The zero-order valence-electron chi connectivity index (χ0n) is 12.6. The largest absolute Gasteiger partial charge is 0.354 e. The van der Waals surface area contributed by atoms with E-state index in [1.165, 1.54) is 0 Å². The summed E-state index contributed by atoms with van der Waals surface area (Å²) < 4.78 is 5.05. The third-order valence-electron chi connectivity index (χ3n) is 3.09. The summed E-state index contributed by atoms with van der Waals surface area (Å²) in [7, 11) is 0. The minimum absolute atomic E-state index is 0.0778. The lowest BCUT2D eigenvalue weighted by Gasteiger charge is -2.12. The van der Waals surface area contributed by atoms with Crippen molar-refractivity contribution >= 4 is 11.8 Å². The molecule has 0 aliphatic rings. The van der Waals surface area contributed by atoms with Crippen molar-refractivity contribution in [2.24, 2.45) is 0 Å². The van der Waals surface area contributed by atoms with E-state index in [2.05, 4.69) is 15.8 Å². The van der Waals surface area contributed by atoms with E-state index >= 15 is 0 Å². The maximum absolute atomic E-state index is 12.1. The Morgan fingerprint density at radius 2 is 2.00 bits per heavy atom. The number of aromatic nitrogens is 1. The highest BCUT2D eigenvalue weighted by atomic mass is 16.5. The number of hydrogen-bond donors (Lipinski definition) is 2. The molecule has 2 N–H and O–H groups in total. The number of hydrogen-bond acceptors (Lipinski definition) is 4. The molecular weight excluding hydrogens is 282 g/mol. The van der Waals surface area contributed by atoms with Gasteiger partial charge in [-0.2, -0.15) is 0 Å². The normalized spacial score (nSPS) is 11.7. The second kappa shape index (κ2) is 7.40. The fourth-order valence-electron chi connectivity index (χ4n) is 1.86. The highest BCUT2D eigenvalue weighted by Crippen LogP contribution is 2.18. The van der Waals surface area contributed by atoms with Crippen LogP contribution in [0.5, 0.6) is 0 Å². The quantitative estimate of drug-likeness (QED) is 0.854. The van der Waals surface area contributed by atoms with E-state index in [9.17, 15) is 9.59 Å². The molecule has 6 heteroatoms. The summed E-state index contributed by atoms with van der Waals surface area (Å²) in [6, 6.07) is 10.3. The molecule has 1 aromatic heterocycles. The zero-order valence-corrected chi connectivity index (χ0v) is 12.6. The first-order valence-corrected chi connectivity index (χ1v) is 7.22. The molecule has 1 aromatic carbocycles.